The summed E-state index contributed by atoms with van der Waals surface area (Å²) in [5, 5.41) is 69.9. The van der Waals surface area contributed by atoms with Crippen LogP contribution in [0, 0.1) is 17.8 Å². The van der Waals surface area contributed by atoms with E-state index in [2.05, 4.69) is 40.9 Å². The molecule has 0 spiro atoms. The maximum Gasteiger partial charge on any atom is 0.413 e. The van der Waals surface area contributed by atoms with Gasteiger partial charge in [-0.1, -0.05) is 20.8 Å². The maximum atomic E-state index is 14.8. The largest absolute Gasteiger partial charge is 0.481 e. The summed E-state index contributed by atoms with van der Waals surface area (Å²) in [5.74, 6) is -26.1. The Kier molecular flexibility index (Phi) is 36.7. The first-order valence-corrected chi connectivity index (χ1v) is 38.2. The van der Waals surface area contributed by atoms with Crippen LogP contribution < -0.4 is 55.9 Å². The average Bonchev–Trinajstić information content (AvgIpc) is 1.64. The van der Waals surface area contributed by atoms with Crippen molar-refractivity contribution >= 4 is 83.7 Å². The topological polar surface area (TPSA) is 616 Å². The summed E-state index contributed by atoms with van der Waals surface area (Å²) in [6.45, 7) is 15.3. The number of aliphatic hydroxyl groups is 5. The molecule has 55 heteroatoms. The van der Waals surface area contributed by atoms with Crippen molar-refractivity contribution in [2.45, 2.75) is 242 Å². The van der Waals surface area contributed by atoms with Crippen LogP contribution in [-0.4, -0.2) is 248 Å². The molecule has 5 aliphatic rings. The Labute approximate surface area is 723 Å². The van der Waals surface area contributed by atoms with Crippen LogP contribution in [0.5, 0.6) is 0 Å². The lowest BCUT2D eigenvalue weighted by Crippen LogP contribution is -2.42. The number of hydrogen-bond acceptors (Lipinski definition) is 34. The zero-order valence-corrected chi connectivity index (χ0v) is 71.0. The van der Waals surface area contributed by atoms with Gasteiger partial charge in [-0.3, -0.25) is 58.0 Å². The number of alkyl halides is 10. The second-order valence-corrected chi connectivity index (χ2v) is 31.6. The van der Waals surface area contributed by atoms with Gasteiger partial charge in [0.05, 0.1) is 49.8 Å². The summed E-state index contributed by atoms with van der Waals surface area (Å²) in [6, 6.07) is 5.77. The third kappa shape index (κ3) is 28.4. The summed E-state index contributed by atoms with van der Waals surface area (Å²) >= 11 is 0. The van der Waals surface area contributed by atoms with Crippen molar-refractivity contribution in [2.24, 2.45) is 17.8 Å². The van der Waals surface area contributed by atoms with E-state index in [0.717, 1.165) is 49.2 Å². The minimum absolute atomic E-state index is 0. The standard InChI is InChI=1S/C20H27F2N3O8.C19H25F2N3O9.C15H21F2N3O5.C10H13F2N3O3.C9H11F2N3O4.ClH/c1-11-12(10-31-15(28)7-5-6-14(26)27)32-16(20(11,21)22)25-9-8-13(23-17(25)29)24-18(30)33-19(2,3)4;1-18(2,3)33-17(30)23-11-7-8-24(16(29)22-11)15-19(20,21)14(28)10(32-15)9-31-13(27)6-4-5-12(25)26;1-8-9(7-21)24-11(15(8,16)17)20-6-5-10(18-12(20)22)19-13(23)25-14(2,3)4;1-5-6(4-16)18-8(10(5,11)12)15-3-2-7(13)14-9(15)17;10-9(11)6(16)4(3-15)18-7(9)14-2-1-5(12)13-8(14)17;/h8-9,11-12,16H,5-7,10H2,1-4H3,(H,26,27)(H,23,24,29,30);7-8,10,14-15,28H,4-6,9H2,1-3H3,(H,25,26)(H,22,23,29,30);5-6,8-9,11,21H,7H2,1-4H3,(H,18,19,22,23);2-3,5-6,8,16H,4H2,1H3,(H2,13,14,17);1-2,4,6-7,15-16H,3H2,(H2,12,13,17);1H/t11-,12+,16+;10-,14+,15-;8-,9+,11+;5-,6+,8+;4-,6+,7-;/m01001./s1. The fourth-order valence-electron chi connectivity index (χ4n) is 11.8. The maximum absolute atomic E-state index is 14.8. The molecule has 5 saturated heterocycles. The number of halogens is 11. The summed E-state index contributed by atoms with van der Waals surface area (Å²) in [7, 11) is 0. The van der Waals surface area contributed by atoms with E-state index >= 15 is 0 Å². The van der Waals surface area contributed by atoms with Gasteiger partial charge in [-0.05, 0) is 105 Å². The van der Waals surface area contributed by atoms with E-state index in [4.69, 9.17) is 84.4 Å². The number of nitrogens with zero attached hydrogens (tertiary/aromatic N) is 10. The number of rotatable bonds is 23. The predicted octanol–water partition coefficient (Wildman–Crippen LogP) is 4.71. The van der Waals surface area contributed by atoms with E-state index in [9.17, 15) is 112 Å². The van der Waals surface area contributed by atoms with Crippen molar-refractivity contribution in [3.05, 3.63) is 114 Å². The molecule has 44 nitrogen and oxygen atoms in total. The molecular formula is C73H98ClF10N15O29. The highest BCUT2D eigenvalue weighted by Crippen LogP contribution is 2.50. The number of hydrogen-bond donors (Lipinski definition) is 12. The number of aromatic nitrogens is 10. The molecule has 128 heavy (non-hydrogen) atoms. The number of carboxylic acid groups (broad SMARTS) is 2. The Morgan fingerprint density at radius 3 is 0.898 bits per heavy atom. The summed E-state index contributed by atoms with van der Waals surface area (Å²) in [5.41, 5.74) is 2.92. The molecule has 10 heterocycles. The second kappa shape index (κ2) is 43.8. The Morgan fingerprint density at radius 1 is 0.398 bits per heavy atom. The second-order valence-electron chi connectivity index (χ2n) is 31.6. The van der Waals surface area contributed by atoms with Gasteiger partial charge >= 0.3 is 82.5 Å². The van der Waals surface area contributed by atoms with Gasteiger partial charge in [0.2, 0.25) is 31.1 Å². The first-order chi connectivity index (χ1) is 58.6. The number of carbonyl (C=O) groups is 7. The van der Waals surface area contributed by atoms with Gasteiger partial charge in [0.15, 0.2) is 12.2 Å². The van der Waals surface area contributed by atoms with Crippen molar-refractivity contribution in [3.8, 4) is 0 Å². The van der Waals surface area contributed by atoms with Crippen molar-refractivity contribution < 1.29 is 161 Å². The van der Waals surface area contributed by atoms with Crippen LogP contribution >= 0.6 is 12.4 Å². The molecule has 0 radical (unpaired) electrons. The van der Waals surface area contributed by atoms with E-state index in [1.165, 1.54) is 32.9 Å². The zero-order chi connectivity index (χ0) is 95.9. The van der Waals surface area contributed by atoms with Crippen LogP contribution in [0.1, 0.15) is 153 Å². The van der Waals surface area contributed by atoms with Crippen molar-refractivity contribution in [1.29, 1.82) is 0 Å². The van der Waals surface area contributed by atoms with Crippen LogP contribution in [0.2, 0.25) is 0 Å². The predicted molar refractivity (Wildman–Crippen MR) is 418 cm³/mol. The number of ether oxygens (including phenoxy) is 10. The number of aliphatic carboxylic acids is 2. The quantitative estimate of drug-likeness (QED) is 0.0239. The number of nitrogens with two attached hydrogens (primary N) is 2. The van der Waals surface area contributed by atoms with Crippen LogP contribution in [0.25, 0.3) is 0 Å². The van der Waals surface area contributed by atoms with E-state index in [-0.39, 0.29) is 80.0 Å². The smallest absolute Gasteiger partial charge is 0.413 e. The monoisotopic (exact) mass is 1870 g/mol. The molecule has 14 N–H and O–H groups in total. The van der Waals surface area contributed by atoms with Gasteiger partial charge in [0.25, 0.3) is 17.8 Å². The van der Waals surface area contributed by atoms with E-state index in [1.807, 2.05) is 0 Å². The number of esters is 2. The van der Waals surface area contributed by atoms with Gasteiger partial charge in [0.1, 0.15) is 77.4 Å². The SMILES string of the molecule is CC(C)(C)OC(=O)Nc1ccn([C@@H]2O[C@H](COC(=O)CCCC(=O)O)[C@H](O)C2(F)F)c(=O)n1.C[C@H]1[C@@H](CO)O[C@@H](n2ccc(N)nc2=O)C1(F)F.C[C@H]1[C@@H](CO)O[C@@H](n2ccc(NC(=O)OC(C)(C)C)nc2=O)C1(F)F.C[C@H]1[C@@H](COC(=O)CCCC(=O)O)O[C@@H](n2ccc(NC(=O)OC(C)(C)C)nc2=O)C1(F)F.Cl.Nc1ccn([C@@H]2O[C@H](CO)[C@H](O)C2(F)F)c(=O)n1. The van der Waals surface area contributed by atoms with Crippen molar-refractivity contribution in [2.75, 3.05) is 60.5 Å². The molecule has 3 amide bonds. The number of carboxylic acids is 2. The Bertz CT molecular complexity index is 4750. The lowest BCUT2D eigenvalue weighted by molar-refractivity contribution is -0.152. The van der Waals surface area contributed by atoms with Gasteiger partial charge in [0, 0.05) is 56.7 Å². The van der Waals surface area contributed by atoms with Crippen LogP contribution in [-0.2, 0) is 66.5 Å². The Balaban J connectivity index is 0.000000289. The lowest BCUT2D eigenvalue weighted by Gasteiger charge is -2.22. The van der Waals surface area contributed by atoms with Crippen LogP contribution in [0.4, 0.5) is 87.4 Å². The molecule has 0 saturated carbocycles. The molecule has 0 unspecified atom stereocenters. The third-order valence-electron chi connectivity index (χ3n) is 18.4. The van der Waals surface area contributed by atoms with Crippen molar-refractivity contribution in [1.82, 2.24) is 47.8 Å². The molecule has 5 aliphatic heterocycles. The van der Waals surface area contributed by atoms with Gasteiger partial charge in [-0.15, -0.1) is 12.4 Å². The van der Waals surface area contributed by atoms with Gasteiger partial charge in [-0.25, -0.2) is 64.7 Å². The zero-order valence-electron chi connectivity index (χ0n) is 70.1. The van der Waals surface area contributed by atoms with Gasteiger partial charge < -0.3 is 94.6 Å². The van der Waals surface area contributed by atoms with E-state index in [0.29, 0.717) is 22.8 Å². The normalized spacial score (nSPS) is 24.9. The molecular weight excluding hydrogens is 1780 g/mol. The van der Waals surface area contributed by atoms with Crippen LogP contribution in [0.15, 0.2) is 85.3 Å². The molecule has 0 bridgehead atoms. The average molecular weight is 1880 g/mol. The number of aliphatic hydroxyl groups excluding tert-OH is 5. The lowest BCUT2D eigenvalue weighted by atomic mass is 10.00. The number of amides is 3. The Morgan fingerprint density at radius 2 is 0.641 bits per heavy atom. The highest BCUT2D eigenvalue weighted by molar-refractivity contribution is 5.86. The number of carbonyl (C=O) groups excluding carboxylic acids is 5. The summed E-state index contributed by atoms with van der Waals surface area (Å²) < 4.78 is 196. The first-order valence-electron chi connectivity index (χ1n) is 38.2. The molecule has 0 aliphatic carbocycles. The molecule has 5 aromatic rings. The van der Waals surface area contributed by atoms with E-state index in [1.54, 1.807) is 62.3 Å². The number of nitrogen functional groups attached to an aromatic ring is 2. The molecule has 716 valence electrons. The fraction of sp³-hybridized carbons (Fsp3) is 0.630. The first kappa shape index (κ1) is 107. The van der Waals surface area contributed by atoms with Crippen LogP contribution in [0.3, 0.4) is 0 Å². The molecule has 15 atom stereocenters. The number of nitrogens with one attached hydrogen (secondary N) is 3. The number of anilines is 5. The van der Waals surface area contributed by atoms with Gasteiger partial charge in [-0.2, -0.15) is 42.5 Å². The highest BCUT2D eigenvalue weighted by Gasteiger charge is 2.63. The highest BCUT2D eigenvalue weighted by atomic mass is 35.5. The molecule has 0 aromatic carbocycles. The summed E-state index contributed by atoms with van der Waals surface area (Å²) in [6.07, 6.45) is -19.4. The van der Waals surface area contributed by atoms with Crippen molar-refractivity contribution in [3.63, 3.8) is 0 Å². The minimum atomic E-state index is -3.94. The third-order valence-corrected chi connectivity index (χ3v) is 18.4. The van der Waals surface area contributed by atoms with E-state index < -0.39 is 242 Å². The molecule has 5 aromatic heterocycles. The fourth-order valence-corrected chi connectivity index (χ4v) is 11.8. The molecule has 10 rings (SSSR count). The summed E-state index contributed by atoms with van der Waals surface area (Å²) in [4.78, 5) is 156. The Hall–Kier alpha value is -11.1. The minimum Gasteiger partial charge on any atom is -0.481 e. The molecule has 5 fully saturated rings.